The van der Waals surface area contributed by atoms with E-state index in [2.05, 4.69) is 10.6 Å². The number of hydrogen-bond donors (Lipinski definition) is 4. The molecule has 1 fully saturated rings. The van der Waals surface area contributed by atoms with E-state index in [0.29, 0.717) is 18.5 Å². The van der Waals surface area contributed by atoms with Gasteiger partial charge in [-0.05, 0) is 25.0 Å². The zero-order chi connectivity index (χ0) is 15.9. The molecular weight excluding hydrogens is 288 g/mol. The summed E-state index contributed by atoms with van der Waals surface area (Å²) in [4.78, 5) is 22.7. The first-order chi connectivity index (χ1) is 10.6. The first-order valence-electron chi connectivity index (χ1n) is 7.19. The number of rotatable bonds is 5. The Labute approximate surface area is 128 Å². The van der Waals surface area contributed by atoms with Gasteiger partial charge in [0.1, 0.15) is 6.10 Å². The minimum Gasteiger partial charge on any atom is -0.481 e. The van der Waals surface area contributed by atoms with Crippen LogP contribution in [0.1, 0.15) is 19.3 Å². The van der Waals surface area contributed by atoms with E-state index in [9.17, 15) is 14.7 Å². The highest BCUT2D eigenvalue weighted by atomic mass is 16.5. The number of anilines is 1. The molecule has 120 valence electrons. The number of carboxylic acids is 1. The number of aliphatic hydroxyl groups excluding tert-OH is 1. The average molecular weight is 308 g/mol. The molecule has 0 spiro atoms. The van der Waals surface area contributed by atoms with Crippen LogP contribution in [0.15, 0.2) is 30.3 Å². The minimum atomic E-state index is -0.935. The lowest BCUT2D eigenvalue weighted by atomic mass is 9.97. The van der Waals surface area contributed by atoms with Crippen molar-refractivity contribution >= 4 is 17.7 Å². The number of carbonyl (C=O) groups is 2. The highest BCUT2D eigenvalue weighted by molar-refractivity contribution is 5.89. The number of ether oxygens (including phenoxy) is 1. The molecule has 7 heteroatoms. The predicted molar refractivity (Wildman–Crippen MR) is 79.6 cm³/mol. The molecule has 0 radical (unpaired) electrons. The van der Waals surface area contributed by atoms with Crippen LogP contribution in [-0.4, -0.2) is 47.1 Å². The molecule has 22 heavy (non-hydrogen) atoms. The summed E-state index contributed by atoms with van der Waals surface area (Å²) in [5, 5.41) is 23.6. The third-order valence-electron chi connectivity index (χ3n) is 3.55. The van der Waals surface area contributed by atoms with E-state index in [1.807, 2.05) is 18.2 Å². The van der Waals surface area contributed by atoms with Crippen molar-refractivity contribution in [1.82, 2.24) is 5.32 Å². The molecule has 2 amide bonds. The number of amides is 2. The fraction of sp³-hybridized carbons (Fsp3) is 0.467. The number of hydrogen-bond acceptors (Lipinski definition) is 4. The monoisotopic (exact) mass is 308 g/mol. The van der Waals surface area contributed by atoms with Gasteiger partial charge in [-0.2, -0.15) is 0 Å². The Morgan fingerprint density at radius 3 is 2.59 bits per heavy atom. The van der Waals surface area contributed by atoms with Crippen molar-refractivity contribution in [1.29, 1.82) is 0 Å². The molecule has 0 saturated carbocycles. The molecule has 3 atom stereocenters. The Balaban J connectivity index is 1.86. The summed E-state index contributed by atoms with van der Waals surface area (Å²) in [5.74, 6) is -0.935. The molecule has 0 unspecified atom stereocenters. The van der Waals surface area contributed by atoms with Gasteiger partial charge in [0.15, 0.2) is 0 Å². The number of carboxylic acid groups (broad SMARTS) is 1. The zero-order valence-corrected chi connectivity index (χ0v) is 12.1. The highest BCUT2D eigenvalue weighted by Crippen LogP contribution is 2.22. The van der Waals surface area contributed by atoms with Gasteiger partial charge in [0, 0.05) is 5.69 Å². The quantitative estimate of drug-likeness (QED) is 0.653. The number of aliphatic carboxylic acids is 1. The summed E-state index contributed by atoms with van der Waals surface area (Å²) in [5.41, 5.74) is 0.668. The van der Waals surface area contributed by atoms with E-state index < -0.39 is 18.2 Å². The van der Waals surface area contributed by atoms with Crippen LogP contribution in [0.5, 0.6) is 0 Å². The number of aliphatic hydroxyl groups is 1. The van der Waals surface area contributed by atoms with Gasteiger partial charge in [-0.15, -0.1) is 0 Å². The van der Waals surface area contributed by atoms with E-state index in [0.717, 1.165) is 0 Å². The average Bonchev–Trinajstić information content (AvgIpc) is 2.49. The summed E-state index contributed by atoms with van der Waals surface area (Å²) in [6.07, 6.45) is -0.0336. The third kappa shape index (κ3) is 4.71. The first kappa shape index (κ1) is 16.3. The first-order valence-corrected chi connectivity index (χ1v) is 7.19. The second kappa shape index (κ2) is 7.77. The Hall–Kier alpha value is -2.12. The summed E-state index contributed by atoms with van der Waals surface area (Å²) < 4.78 is 5.54. The molecule has 0 bridgehead atoms. The summed E-state index contributed by atoms with van der Waals surface area (Å²) in [7, 11) is 0. The minimum absolute atomic E-state index is 0.0978. The van der Waals surface area contributed by atoms with Gasteiger partial charge in [-0.25, -0.2) is 4.79 Å². The van der Waals surface area contributed by atoms with Crippen molar-refractivity contribution in [2.75, 3.05) is 11.9 Å². The van der Waals surface area contributed by atoms with Crippen LogP contribution in [0.4, 0.5) is 10.5 Å². The number of benzene rings is 1. The number of urea groups is 1. The van der Waals surface area contributed by atoms with Crippen LogP contribution in [0.25, 0.3) is 0 Å². The topological polar surface area (TPSA) is 108 Å². The SMILES string of the molecule is O=C(O)C[C@@H]1CC[C@H](NC(=O)Nc2ccccc2)[C@H](CO)O1. The lowest BCUT2D eigenvalue weighted by Crippen LogP contribution is -2.52. The maximum atomic E-state index is 11.9. The van der Waals surface area contributed by atoms with Crippen molar-refractivity contribution in [3.05, 3.63) is 30.3 Å². The lowest BCUT2D eigenvalue weighted by Gasteiger charge is -2.35. The Morgan fingerprint density at radius 1 is 1.23 bits per heavy atom. The Morgan fingerprint density at radius 2 is 1.95 bits per heavy atom. The number of nitrogens with one attached hydrogen (secondary N) is 2. The maximum absolute atomic E-state index is 11.9. The summed E-state index contributed by atoms with van der Waals surface area (Å²) in [6, 6.07) is 8.28. The Kier molecular flexibility index (Phi) is 5.74. The molecule has 1 heterocycles. The molecule has 0 aromatic heterocycles. The van der Waals surface area contributed by atoms with Crippen LogP contribution in [0.3, 0.4) is 0 Å². The van der Waals surface area contributed by atoms with Gasteiger partial charge in [0.2, 0.25) is 0 Å². The van der Waals surface area contributed by atoms with E-state index in [-0.39, 0.29) is 25.1 Å². The van der Waals surface area contributed by atoms with Crippen molar-refractivity contribution in [3.8, 4) is 0 Å². The summed E-state index contributed by atoms with van der Waals surface area (Å²) in [6.45, 7) is -0.271. The maximum Gasteiger partial charge on any atom is 0.319 e. The Bertz CT molecular complexity index is 508. The molecular formula is C15H20N2O5. The molecule has 1 aliphatic heterocycles. The summed E-state index contributed by atoms with van der Waals surface area (Å²) >= 11 is 0. The van der Waals surface area contributed by atoms with Gasteiger partial charge < -0.3 is 25.6 Å². The normalized spacial score (nSPS) is 24.5. The van der Waals surface area contributed by atoms with Gasteiger partial charge >= 0.3 is 12.0 Å². The van der Waals surface area contributed by atoms with E-state index >= 15 is 0 Å². The number of para-hydroxylation sites is 1. The van der Waals surface area contributed by atoms with Crippen LogP contribution in [0.2, 0.25) is 0 Å². The fourth-order valence-corrected chi connectivity index (χ4v) is 2.50. The van der Waals surface area contributed by atoms with Crippen LogP contribution < -0.4 is 10.6 Å². The van der Waals surface area contributed by atoms with E-state index in [1.165, 1.54) is 0 Å². The van der Waals surface area contributed by atoms with E-state index in [1.54, 1.807) is 12.1 Å². The van der Waals surface area contributed by atoms with Crippen LogP contribution in [0, 0.1) is 0 Å². The fourth-order valence-electron chi connectivity index (χ4n) is 2.50. The van der Waals surface area contributed by atoms with Crippen molar-refractivity contribution in [2.45, 2.75) is 37.5 Å². The molecule has 4 N–H and O–H groups in total. The van der Waals surface area contributed by atoms with Crippen LogP contribution in [-0.2, 0) is 9.53 Å². The standard InChI is InChI=1S/C15H20N2O5/c18-9-13-12(7-6-11(22-13)8-14(19)20)17-15(21)16-10-4-2-1-3-5-10/h1-5,11-13,18H,6-9H2,(H,19,20)(H2,16,17,21)/t11-,12-,13-/m0/s1. The molecule has 1 aliphatic rings. The van der Waals surface area contributed by atoms with Gasteiger partial charge in [0.05, 0.1) is 25.2 Å². The zero-order valence-electron chi connectivity index (χ0n) is 12.1. The van der Waals surface area contributed by atoms with Crippen molar-refractivity contribution in [2.24, 2.45) is 0 Å². The van der Waals surface area contributed by atoms with Crippen LogP contribution >= 0.6 is 0 Å². The van der Waals surface area contributed by atoms with Crippen molar-refractivity contribution < 1.29 is 24.5 Å². The second-order valence-electron chi connectivity index (χ2n) is 5.23. The highest BCUT2D eigenvalue weighted by Gasteiger charge is 2.32. The van der Waals surface area contributed by atoms with Gasteiger partial charge in [-0.3, -0.25) is 4.79 Å². The van der Waals surface area contributed by atoms with Gasteiger partial charge in [-0.1, -0.05) is 18.2 Å². The number of carbonyl (C=O) groups excluding carboxylic acids is 1. The predicted octanol–water partition coefficient (Wildman–Crippen LogP) is 1.19. The second-order valence-corrected chi connectivity index (χ2v) is 5.23. The molecule has 1 saturated heterocycles. The van der Waals surface area contributed by atoms with E-state index in [4.69, 9.17) is 9.84 Å². The molecule has 0 aliphatic carbocycles. The largest absolute Gasteiger partial charge is 0.481 e. The van der Waals surface area contributed by atoms with Gasteiger partial charge in [0.25, 0.3) is 0 Å². The molecule has 1 aromatic rings. The molecule has 2 rings (SSSR count). The van der Waals surface area contributed by atoms with Crippen molar-refractivity contribution in [3.63, 3.8) is 0 Å². The molecule has 7 nitrogen and oxygen atoms in total. The smallest absolute Gasteiger partial charge is 0.319 e. The third-order valence-corrected chi connectivity index (χ3v) is 3.55. The molecule has 1 aromatic carbocycles. The lowest BCUT2D eigenvalue weighted by molar-refractivity contribution is -0.145.